The van der Waals surface area contributed by atoms with E-state index in [0.29, 0.717) is 25.3 Å². The molecular formula is C19H30ClN3O2. The average molecular weight is 368 g/mol. The predicted octanol–water partition coefficient (Wildman–Crippen LogP) is 2.05. The summed E-state index contributed by atoms with van der Waals surface area (Å²) in [6, 6.07) is 8.26. The summed E-state index contributed by atoms with van der Waals surface area (Å²) in [6.07, 6.45) is 3.15. The van der Waals surface area contributed by atoms with Crippen molar-refractivity contribution in [3.63, 3.8) is 0 Å². The van der Waals surface area contributed by atoms with Crippen molar-refractivity contribution in [1.29, 1.82) is 0 Å². The van der Waals surface area contributed by atoms with Crippen LogP contribution in [-0.4, -0.2) is 42.4 Å². The smallest absolute Gasteiger partial charge is 0.241 e. The van der Waals surface area contributed by atoms with Crippen molar-refractivity contribution in [1.82, 2.24) is 10.2 Å². The first-order valence-electron chi connectivity index (χ1n) is 8.81. The zero-order valence-corrected chi connectivity index (χ0v) is 16.0. The van der Waals surface area contributed by atoms with Crippen LogP contribution in [0.25, 0.3) is 0 Å². The average Bonchev–Trinajstić information content (AvgIpc) is 2.59. The van der Waals surface area contributed by atoms with Gasteiger partial charge in [-0.25, -0.2) is 0 Å². The molecule has 1 aliphatic rings. The Balaban J connectivity index is 0.00000312. The summed E-state index contributed by atoms with van der Waals surface area (Å²) < 4.78 is 0. The van der Waals surface area contributed by atoms with Gasteiger partial charge in [-0.2, -0.15) is 0 Å². The minimum atomic E-state index is -0.0790. The first kappa shape index (κ1) is 21.5. The molecule has 1 fully saturated rings. The van der Waals surface area contributed by atoms with Gasteiger partial charge in [0, 0.05) is 25.6 Å². The Hall–Kier alpha value is -1.59. The third-order valence-electron chi connectivity index (χ3n) is 4.75. The molecule has 140 valence electrons. The standard InChI is InChI=1S/C19H29N3O2.ClH/c1-14-5-7-16(8-6-14)9-10-18(23)21-12-19(24)22-11-3-4-17(13-22)15(2)20;/h5-8,15,17H,3-4,9-13,20H2,1-2H3,(H,21,23);1H. The molecule has 6 heteroatoms. The molecule has 1 aromatic rings. The van der Waals surface area contributed by atoms with Gasteiger partial charge < -0.3 is 16.0 Å². The van der Waals surface area contributed by atoms with Crippen LogP contribution in [0.4, 0.5) is 0 Å². The highest BCUT2D eigenvalue weighted by Gasteiger charge is 2.25. The number of likely N-dealkylation sites (tertiary alicyclic amines) is 1. The second-order valence-electron chi connectivity index (χ2n) is 6.86. The lowest BCUT2D eigenvalue weighted by Crippen LogP contribution is -2.48. The molecule has 0 aliphatic carbocycles. The number of nitrogens with zero attached hydrogens (tertiary/aromatic N) is 1. The summed E-state index contributed by atoms with van der Waals surface area (Å²) in [6.45, 7) is 5.58. The number of nitrogens with two attached hydrogens (primary N) is 1. The fourth-order valence-electron chi connectivity index (χ4n) is 3.05. The van der Waals surface area contributed by atoms with Gasteiger partial charge in [-0.15, -0.1) is 12.4 Å². The number of hydrogen-bond acceptors (Lipinski definition) is 3. The van der Waals surface area contributed by atoms with Crippen LogP contribution < -0.4 is 11.1 Å². The normalized spacial score (nSPS) is 18.2. The Morgan fingerprint density at radius 1 is 1.32 bits per heavy atom. The fourth-order valence-corrected chi connectivity index (χ4v) is 3.05. The van der Waals surface area contributed by atoms with Crippen LogP contribution in [0.15, 0.2) is 24.3 Å². The first-order valence-corrected chi connectivity index (χ1v) is 8.81. The second-order valence-corrected chi connectivity index (χ2v) is 6.86. The van der Waals surface area contributed by atoms with Gasteiger partial charge in [0.15, 0.2) is 0 Å². The Bertz CT molecular complexity index is 560. The van der Waals surface area contributed by atoms with Gasteiger partial charge in [-0.1, -0.05) is 29.8 Å². The highest BCUT2D eigenvalue weighted by atomic mass is 35.5. The molecule has 25 heavy (non-hydrogen) atoms. The minimum Gasteiger partial charge on any atom is -0.347 e. The van der Waals surface area contributed by atoms with Gasteiger partial charge in [-0.05, 0) is 44.6 Å². The van der Waals surface area contributed by atoms with E-state index in [0.717, 1.165) is 24.9 Å². The fraction of sp³-hybridized carbons (Fsp3) is 0.579. The lowest BCUT2D eigenvalue weighted by atomic mass is 9.92. The summed E-state index contributed by atoms with van der Waals surface area (Å²) in [5.74, 6) is 0.272. The third kappa shape index (κ3) is 7.04. The molecule has 2 unspecified atom stereocenters. The quantitative estimate of drug-likeness (QED) is 0.808. The molecule has 2 atom stereocenters. The Labute approximate surface area is 156 Å². The van der Waals surface area contributed by atoms with E-state index >= 15 is 0 Å². The summed E-state index contributed by atoms with van der Waals surface area (Å²) in [5.41, 5.74) is 8.29. The summed E-state index contributed by atoms with van der Waals surface area (Å²) in [4.78, 5) is 26.0. The molecule has 2 rings (SSSR count). The van der Waals surface area contributed by atoms with Crippen LogP contribution in [0.3, 0.4) is 0 Å². The zero-order chi connectivity index (χ0) is 17.5. The first-order chi connectivity index (χ1) is 11.5. The van der Waals surface area contributed by atoms with Gasteiger partial charge in [0.1, 0.15) is 0 Å². The molecule has 1 aliphatic heterocycles. The molecule has 5 nitrogen and oxygen atoms in total. The monoisotopic (exact) mass is 367 g/mol. The second kappa shape index (κ2) is 10.4. The molecule has 0 bridgehead atoms. The van der Waals surface area contributed by atoms with Crippen LogP contribution in [0, 0.1) is 12.8 Å². The van der Waals surface area contributed by atoms with E-state index in [9.17, 15) is 9.59 Å². The molecule has 1 saturated heterocycles. The summed E-state index contributed by atoms with van der Waals surface area (Å²) in [7, 11) is 0. The van der Waals surface area contributed by atoms with Gasteiger partial charge in [0.25, 0.3) is 0 Å². The van der Waals surface area contributed by atoms with E-state index in [4.69, 9.17) is 5.73 Å². The minimum absolute atomic E-state index is 0. The molecular weight excluding hydrogens is 338 g/mol. The predicted molar refractivity (Wildman–Crippen MR) is 103 cm³/mol. The summed E-state index contributed by atoms with van der Waals surface area (Å²) >= 11 is 0. The third-order valence-corrected chi connectivity index (χ3v) is 4.75. The number of halogens is 1. The molecule has 0 saturated carbocycles. The maximum atomic E-state index is 12.3. The molecule has 1 heterocycles. The molecule has 0 aromatic heterocycles. The van der Waals surface area contributed by atoms with Crippen LogP contribution in [0.2, 0.25) is 0 Å². The molecule has 0 spiro atoms. The van der Waals surface area contributed by atoms with E-state index < -0.39 is 0 Å². The van der Waals surface area contributed by atoms with Crippen LogP contribution >= 0.6 is 12.4 Å². The largest absolute Gasteiger partial charge is 0.347 e. The number of amides is 2. The number of carbonyl (C=O) groups is 2. The molecule has 0 radical (unpaired) electrons. The van der Waals surface area contributed by atoms with Crippen molar-refractivity contribution < 1.29 is 9.59 Å². The number of aryl methyl sites for hydroxylation is 2. The maximum Gasteiger partial charge on any atom is 0.241 e. The Morgan fingerprint density at radius 2 is 2.00 bits per heavy atom. The number of nitrogens with one attached hydrogen (secondary N) is 1. The SMILES string of the molecule is Cc1ccc(CCC(=O)NCC(=O)N2CCCC(C(C)N)C2)cc1.Cl. The Morgan fingerprint density at radius 3 is 2.64 bits per heavy atom. The van der Waals surface area contributed by atoms with Crippen LogP contribution in [-0.2, 0) is 16.0 Å². The van der Waals surface area contributed by atoms with Crippen molar-refractivity contribution in [3.8, 4) is 0 Å². The van der Waals surface area contributed by atoms with E-state index in [-0.39, 0.29) is 36.8 Å². The van der Waals surface area contributed by atoms with Crippen molar-refractivity contribution in [3.05, 3.63) is 35.4 Å². The number of hydrogen-bond donors (Lipinski definition) is 2. The zero-order valence-electron chi connectivity index (χ0n) is 15.2. The van der Waals surface area contributed by atoms with Gasteiger partial charge >= 0.3 is 0 Å². The van der Waals surface area contributed by atoms with E-state index in [1.54, 1.807) is 0 Å². The van der Waals surface area contributed by atoms with E-state index in [2.05, 4.69) is 5.32 Å². The van der Waals surface area contributed by atoms with E-state index in [1.165, 1.54) is 5.56 Å². The topological polar surface area (TPSA) is 75.4 Å². The summed E-state index contributed by atoms with van der Waals surface area (Å²) in [5, 5.41) is 2.74. The number of rotatable bonds is 6. The number of carbonyl (C=O) groups excluding carboxylic acids is 2. The lowest BCUT2D eigenvalue weighted by Gasteiger charge is -2.34. The van der Waals surface area contributed by atoms with Gasteiger partial charge in [0.05, 0.1) is 6.54 Å². The van der Waals surface area contributed by atoms with Crippen molar-refractivity contribution in [2.75, 3.05) is 19.6 Å². The van der Waals surface area contributed by atoms with E-state index in [1.807, 2.05) is 43.0 Å². The maximum absolute atomic E-state index is 12.3. The van der Waals surface area contributed by atoms with Crippen LogP contribution in [0.5, 0.6) is 0 Å². The van der Waals surface area contributed by atoms with Crippen molar-refractivity contribution >= 4 is 24.2 Å². The highest BCUT2D eigenvalue weighted by Crippen LogP contribution is 2.18. The lowest BCUT2D eigenvalue weighted by molar-refractivity contribution is -0.134. The van der Waals surface area contributed by atoms with Crippen molar-refractivity contribution in [2.45, 2.75) is 45.6 Å². The highest BCUT2D eigenvalue weighted by molar-refractivity contribution is 5.85. The number of piperidine rings is 1. The molecule has 2 amide bonds. The van der Waals surface area contributed by atoms with Crippen molar-refractivity contribution in [2.24, 2.45) is 11.7 Å². The van der Waals surface area contributed by atoms with Crippen LogP contribution in [0.1, 0.15) is 37.3 Å². The molecule has 3 N–H and O–H groups in total. The number of benzene rings is 1. The molecule has 1 aromatic carbocycles. The Kier molecular flexibility index (Phi) is 8.93. The van der Waals surface area contributed by atoms with Gasteiger partial charge in [0.2, 0.25) is 11.8 Å². The van der Waals surface area contributed by atoms with Gasteiger partial charge in [-0.3, -0.25) is 9.59 Å².